The van der Waals surface area contributed by atoms with E-state index >= 15 is 0 Å². The van der Waals surface area contributed by atoms with Crippen LogP contribution in [0.15, 0.2) is 71.2 Å². The minimum atomic E-state index is -2.18. The molecule has 0 amide bonds. The van der Waals surface area contributed by atoms with Crippen LogP contribution in [0.5, 0.6) is 0 Å². The first-order valence-electron chi connectivity index (χ1n) is 15.3. The average Bonchev–Trinajstić information content (AvgIpc) is 3.87. The van der Waals surface area contributed by atoms with Crippen LogP contribution in [-0.4, -0.2) is 50.8 Å². The van der Waals surface area contributed by atoms with E-state index in [0.717, 1.165) is 12.4 Å². The van der Waals surface area contributed by atoms with Gasteiger partial charge in [0.05, 0.1) is 0 Å². The summed E-state index contributed by atoms with van der Waals surface area (Å²) in [6.07, 6.45) is 0.239. The minimum absolute atomic E-state index is 0.0397. The van der Waals surface area contributed by atoms with Gasteiger partial charge in [0.25, 0.3) is 0 Å². The van der Waals surface area contributed by atoms with Crippen LogP contribution in [0.1, 0.15) is 49.9 Å². The zero-order chi connectivity index (χ0) is 27.0. The summed E-state index contributed by atoms with van der Waals surface area (Å²) in [6.45, 7) is 15.4. The van der Waals surface area contributed by atoms with Gasteiger partial charge in [0, 0.05) is 0 Å². The van der Waals surface area contributed by atoms with E-state index in [4.69, 9.17) is 4.52 Å². The Labute approximate surface area is 245 Å². The van der Waals surface area contributed by atoms with Gasteiger partial charge >= 0.3 is 246 Å². The molecule has 185 valence electrons. The molecule has 0 bridgehead atoms. The van der Waals surface area contributed by atoms with Gasteiger partial charge in [-0.3, -0.25) is 0 Å². The molecule has 4 saturated heterocycles. The van der Waals surface area contributed by atoms with Gasteiger partial charge in [-0.2, -0.15) is 0 Å². The summed E-state index contributed by atoms with van der Waals surface area (Å²) in [6, 6.07) is 26.7. The average molecular weight is 549 g/mol. The van der Waals surface area contributed by atoms with Crippen molar-refractivity contribution in [2.24, 2.45) is 4.52 Å². The Morgan fingerprint density at radius 3 is 2.12 bits per heavy atom. The monoisotopic (exact) mass is 550 g/mol. The standard InChI is InChI=1S/C30H23B7N2P2/c1-29(2)19-7-5-8-20-25(19)34-26-21(29)9-6-10-24(26)39-23-14-11-16(41(32-35(41)33-41)38-40-36-31-37(36)40)15-18(23)17-12-13-22(30(20,3)4)27(34)28(17)39/h5-15H,1-4H3/q-1. The molecule has 0 spiro atoms. The molecule has 0 atom stereocenters. The van der Waals surface area contributed by atoms with Crippen molar-refractivity contribution in [2.45, 2.75) is 38.5 Å². The van der Waals surface area contributed by atoms with Crippen LogP contribution in [0.2, 0.25) is 0 Å². The van der Waals surface area contributed by atoms with Crippen molar-refractivity contribution in [1.29, 1.82) is 0 Å². The topological polar surface area (TPSA) is 17.3 Å². The molecule has 12 rings (SSSR count). The first-order valence-corrected chi connectivity index (χ1v) is 19.1. The first-order chi connectivity index (χ1) is 19.7. The third-order valence-corrected chi connectivity index (χ3v) is 20.8. The summed E-state index contributed by atoms with van der Waals surface area (Å²) in [5, 5.41) is 4.37. The molecule has 0 N–H and O–H groups in total. The van der Waals surface area contributed by atoms with Crippen LogP contribution < -0.4 is 21.7 Å². The Kier molecular flexibility index (Phi) is 3.27. The number of hydrogen-bond donors (Lipinski definition) is 0. The zero-order valence-corrected chi connectivity index (χ0v) is 25.5. The molecule has 5 aromatic rings. The van der Waals surface area contributed by atoms with Crippen molar-refractivity contribution in [3.63, 3.8) is 0 Å². The van der Waals surface area contributed by atoms with Crippen LogP contribution in [0.4, 0.5) is 0 Å². The molecule has 0 unspecified atom stereocenters. The molecule has 8 heterocycles. The second kappa shape index (κ2) is 6.03. The number of aromatic nitrogens is 1. The summed E-state index contributed by atoms with van der Waals surface area (Å²) >= 11 is 0. The first kappa shape index (κ1) is 22.2. The van der Waals surface area contributed by atoms with Crippen molar-refractivity contribution >= 4 is 104 Å². The van der Waals surface area contributed by atoms with Crippen molar-refractivity contribution in [2.75, 3.05) is 0 Å². The van der Waals surface area contributed by atoms with E-state index in [0.29, 0.717) is 12.9 Å². The van der Waals surface area contributed by atoms with E-state index in [1.165, 1.54) is 60.5 Å². The maximum absolute atomic E-state index is 5.69. The van der Waals surface area contributed by atoms with Crippen molar-refractivity contribution in [3.8, 4) is 5.69 Å². The van der Waals surface area contributed by atoms with E-state index < -0.39 is 6.39 Å². The van der Waals surface area contributed by atoms with E-state index in [9.17, 15) is 0 Å². The molecular weight excluding hydrogens is 526 g/mol. The van der Waals surface area contributed by atoms with Crippen LogP contribution in [0, 0.1) is 0 Å². The summed E-state index contributed by atoms with van der Waals surface area (Å²) in [4.78, 5) is 0. The van der Waals surface area contributed by atoms with Crippen molar-refractivity contribution in [3.05, 3.63) is 89.0 Å². The number of benzene rings is 4. The molecule has 0 saturated carbocycles. The van der Waals surface area contributed by atoms with Gasteiger partial charge in [-0.25, -0.2) is 0 Å². The predicted octanol–water partition coefficient (Wildman–Crippen LogP) is 3.69. The van der Waals surface area contributed by atoms with Gasteiger partial charge in [0.1, 0.15) is 0 Å². The van der Waals surface area contributed by atoms with Gasteiger partial charge in [-0.1, -0.05) is 0 Å². The fourth-order valence-electron chi connectivity index (χ4n) is 9.68. The van der Waals surface area contributed by atoms with Crippen LogP contribution in [0.25, 0.3) is 27.5 Å². The fourth-order valence-corrected chi connectivity index (χ4v) is 18.8. The van der Waals surface area contributed by atoms with Gasteiger partial charge in [0.15, 0.2) is 0 Å². The van der Waals surface area contributed by atoms with E-state index in [-0.39, 0.29) is 18.3 Å². The molecule has 11 heteroatoms. The third kappa shape index (κ3) is 2.14. The molecule has 0 aliphatic carbocycles. The number of fused-ring (bicyclic) bond motifs is 6. The predicted molar refractivity (Wildman–Crippen MR) is 187 cm³/mol. The molecule has 4 fully saturated rings. The van der Waals surface area contributed by atoms with Crippen LogP contribution >= 0.6 is 13.9 Å². The SMILES string of the molecule is CC1(C)c2cccc3c2B2c4c1cccc4C(C)(C)c1ccc4c5cc(P67(N=[P+]8B9[B-]B98)[B]B6[B-]7)ccc5n-3c4c12. The van der Waals surface area contributed by atoms with E-state index in [2.05, 4.69) is 120 Å². The normalized spacial score (nSPS) is 24.3. The molecule has 41 heavy (non-hydrogen) atoms. The molecule has 5 radical (unpaired) electrons. The van der Waals surface area contributed by atoms with E-state index in [1.807, 2.05) is 0 Å². The summed E-state index contributed by atoms with van der Waals surface area (Å²) in [5.41, 5.74) is 14.8. The molecule has 2 nitrogen and oxygen atoms in total. The van der Waals surface area contributed by atoms with Crippen LogP contribution in [-0.2, 0) is 10.8 Å². The molecule has 7 aliphatic rings. The Morgan fingerprint density at radius 1 is 0.805 bits per heavy atom. The summed E-state index contributed by atoms with van der Waals surface area (Å²) < 4.78 is 8.34. The van der Waals surface area contributed by atoms with Crippen LogP contribution in [0.3, 0.4) is 0 Å². The quantitative estimate of drug-likeness (QED) is 0.232. The summed E-state index contributed by atoms with van der Waals surface area (Å²) in [7, 11) is 2.44. The summed E-state index contributed by atoms with van der Waals surface area (Å²) in [5.74, 6) is 0. The molecule has 1 aromatic heterocycles. The van der Waals surface area contributed by atoms with Gasteiger partial charge in [0.2, 0.25) is 0 Å². The fraction of sp³-hybridized carbons (Fsp3) is 0.200. The molecular formula is C30H23B7N2P2-. The Morgan fingerprint density at radius 2 is 1.46 bits per heavy atom. The molecule has 4 aromatic carbocycles. The zero-order valence-electron chi connectivity index (χ0n) is 23.7. The van der Waals surface area contributed by atoms with Crippen molar-refractivity contribution in [1.82, 2.24) is 4.57 Å². The van der Waals surface area contributed by atoms with Crippen molar-refractivity contribution < 1.29 is 0 Å². The third-order valence-electron chi connectivity index (χ3n) is 12.3. The Balaban J connectivity index is 1.23. The van der Waals surface area contributed by atoms with Gasteiger partial charge in [-0.15, -0.1) is 0 Å². The number of hydrogen-bond acceptors (Lipinski definition) is 1. The second-order valence-electron chi connectivity index (χ2n) is 14.9. The second-order valence-corrected chi connectivity index (χ2v) is 21.8. The Bertz CT molecular complexity index is 2240. The number of nitrogens with zero attached hydrogens (tertiary/aromatic N) is 2. The molecule has 7 aliphatic heterocycles. The van der Waals surface area contributed by atoms with Gasteiger partial charge in [-0.05, 0) is 0 Å². The van der Waals surface area contributed by atoms with E-state index in [1.54, 1.807) is 10.9 Å². The maximum atomic E-state index is 5.69. The number of rotatable bonds is 2. The van der Waals surface area contributed by atoms with Gasteiger partial charge < -0.3 is 0 Å². The Hall–Kier alpha value is -2.34.